The summed E-state index contributed by atoms with van der Waals surface area (Å²) in [5.74, 6) is 5.45. The number of phenolic OH excluding ortho intramolecular Hbond substituents is 1. The van der Waals surface area contributed by atoms with Gasteiger partial charge in [0.1, 0.15) is 17.6 Å². The first kappa shape index (κ1) is 41.4. The molecule has 3 aromatic rings. The number of hydrogen-bond donors (Lipinski definition) is 6. The van der Waals surface area contributed by atoms with Gasteiger partial charge in [-0.05, 0) is 116 Å². The minimum Gasteiger partial charge on any atom is -0.508 e. The topological polar surface area (TPSA) is 198 Å². The van der Waals surface area contributed by atoms with Crippen LogP contribution in [-0.4, -0.2) is 57.8 Å². The van der Waals surface area contributed by atoms with Crippen molar-refractivity contribution < 1.29 is 37.8 Å². The van der Waals surface area contributed by atoms with E-state index >= 15 is 0 Å². The van der Waals surface area contributed by atoms with Crippen LogP contribution in [0.15, 0.2) is 83.4 Å². The van der Waals surface area contributed by atoms with Crippen LogP contribution < -0.4 is 16.2 Å². The van der Waals surface area contributed by atoms with Crippen molar-refractivity contribution in [2.45, 2.75) is 125 Å². The Morgan fingerprint density at radius 1 is 0.966 bits per heavy atom. The van der Waals surface area contributed by atoms with Crippen LogP contribution in [-0.2, 0) is 20.6 Å². The molecule has 6 heterocycles. The van der Waals surface area contributed by atoms with E-state index in [1.165, 1.54) is 0 Å². The Balaban J connectivity index is 1.32. The van der Waals surface area contributed by atoms with Crippen LogP contribution in [0.1, 0.15) is 130 Å². The number of fused-ring (bicyclic) bond motifs is 7. The maximum absolute atomic E-state index is 13.9. The standard InChI is InChI=1S/C47H57N3O8S/c1-2-30-27-42(59(54,55)56)41-26-35-23-34(25-39-22-29(28-51)6-5-7-33-24-37(52)14-17-40(33)44(35)57-39)43(41)32-8-12-36(13-9-32)47(50-45(48)49,21-20-46(53)18-3-4-19-46)58-38-15-10-31(30)11-16-38/h8-17,24,26,29-30,34,39,41-44,51-53H,2-4,6,18-23,25,27-28H2,1H3,(H4,48,49,50)(H,54,55,56)/t29-,30+,34+,39-,41-,42-,43+,44-,47-/m1/s1. The third-order valence-corrected chi connectivity index (χ3v) is 15.1. The molecule has 12 heteroatoms. The second-order valence-corrected chi connectivity index (χ2v) is 19.3. The molecule has 59 heavy (non-hydrogen) atoms. The molecule has 8 aliphatic rings. The number of benzene rings is 3. The highest BCUT2D eigenvalue weighted by atomic mass is 32.2. The third-order valence-electron chi connectivity index (χ3n) is 13.8. The Hall–Kier alpha value is -4.38. The Morgan fingerprint density at radius 3 is 2.37 bits per heavy atom. The van der Waals surface area contributed by atoms with Crippen LogP contribution in [0.3, 0.4) is 0 Å². The highest BCUT2D eigenvalue weighted by Crippen LogP contribution is 2.54. The van der Waals surface area contributed by atoms with E-state index in [1.807, 2.05) is 67.6 Å². The van der Waals surface area contributed by atoms with Crippen LogP contribution in [0.25, 0.3) is 0 Å². The van der Waals surface area contributed by atoms with Crippen LogP contribution in [0.5, 0.6) is 11.5 Å². The van der Waals surface area contributed by atoms with Crippen LogP contribution in [0.2, 0.25) is 0 Å². The molecule has 8 bridgehead atoms. The monoisotopic (exact) mass is 823 g/mol. The van der Waals surface area contributed by atoms with E-state index in [0.717, 1.165) is 35.1 Å². The maximum Gasteiger partial charge on any atom is 0.268 e. The summed E-state index contributed by atoms with van der Waals surface area (Å²) < 4.78 is 53.0. The molecule has 0 amide bonds. The second kappa shape index (κ2) is 16.6. The Kier molecular flexibility index (Phi) is 11.6. The molecule has 11 rings (SSSR count). The number of aliphatic hydroxyl groups is 2. The Labute approximate surface area is 347 Å². The molecule has 0 radical (unpaired) electrons. The number of nitrogens with two attached hydrogens (primary N) is 2. The Bertz CT molecular complexity index is 2240. The molecular formula is C47H57N3O8S. The average Bonchev–Trinajstić information content (AvgIpc) is 3.59. The van der Waals surface area contributed by atoms with Crippen LogP contribution in [0.4, 0.5) is 0 Å². The number of allylic oxidation sites excluding steroid dienone is 1. The zero-order valence-electron chi connectivity index (χ0n) is 33.7. The molecule has 314 valence electrons. The predicted molar refractivity (Wildman–Crippen MR) is 226 cm³/mol. The number of guanidine groups is 1. The molecule has 11 nitrogen and oxygen atoms in total. The Morgan fingerprint density at radius 2 is 1.69 bits per heavy atom. The summed E-state index contributed by atoms with van der Waals surface area (Å²) in [5.41, 5.74) is 14.9. The smallest absolute Gasteiger partial charge is 0.268 e. The van der Waals surface area contributed by atoms with Gasteiger partial charge in [0.2, 0.25) is 5.72 Å². The third kappa shape index (κ3) is 8.64. The summed E-state index contributed by atoms with van der Waals surface area (Å²) >= 11 is 0. The van der Waals surface area contributed by atoms with E-state index < -0.39 is 38.7 Å². The van der Waals surface area contributed by atoms with Gasteiger partial charge < -0.3 is 36.3 Å². The van der Waals surface area contributed by atoms with Gasteiger partial charge in [-0.2, -0.15) is 8.42 Å². The van der Waals surface area contributed by atoms with Crippen molar-refractivity contribution >= 4 is 16.1 Å². The summed E-state index contributed by atoms with van der Waals surface area (Å²) in [7, 11) is -4.61. The number of ether oxygens (including phenoxy) is 2. The first-order valence-corrected chi connectivity index (χ1v) is 22.7. The molecule has 1 saturated carbocycles. The highest BCUT2D eigenvalue weighted by Gasteiger charge is 2.48. The van der Waals surface area contributed by atoms with Crippen molar-refractivity contribution in [1.29, 1.82) is 0 Å². The number of nitrogens with zero attached hydrogens (tertiary/aromatic N) is 1. The van der Waals surface area contributed by atoms with E-state index in [2.05, 4.69) is 11.8 Å². The maximum atomic E-state index is 13.9. The molecule has 1 saturated heterocycles. The number of aliphatic imine (C=N–C) groups is 1. The van der Waals surface area contributed by atoms with Gasteiger partial charge in [-0.15, -0.1) is 0 Å². The van der Waals surface area contributed by atoms with Crippen LogP contribution >= 0.6 is 0 Å². The van der Waals surface area contributed by atoms with Crippen molar-refractivity contribution in [3.8, 4) is 23.3 Å². The zero-order chi connectivity index (χ0) is 41.5. The number of aliphatic hydroxyl groups excluding tert-OH is 1. The van der Waals surface area contributed by atoms with Crippen molar-refractivity contribution in [3.05, 3.63) is 106 Å². The quantitative estimate of drug-likeness (QED) is 0.0472. The number of phenols is 1. The van der Waals surface area contributed by atoms with E-state index in [-0.39, 0.29) is 54.5 Å². The predicted octanol–water partition coefficient (Wildman–Crippen LogP) is 7.07. The normalized spacial score (nSPS) is 31.1. The lowest BCUT2D eigenvalue weighted by molar-refractivity contribution is -0.0131. The van der Waals surface area contributed by atoms with Crippen molar-refractivity contribution in [2.24, 2.45) is 34.2 Å². The summed E-state index contributed by atoms with van der Waals surface area (Å²) in [6, 6.07) is 20.6. The van der Waals surface area contributed by atoms with E-state index in [0.29, 0.717) is 74.7 Å². The molecular weight excluding hydrogens is 767 g/mol. The molecule has 0 unspecified atom stereocenters. The van der Waals surface area contributed by atoms with E-state index in [9.17, 15) is 28.3 Å². The van der Waals surface area contributed by atoms with Crippen LogP contribution in [0, 0.1) is 29.6 Å². The lowest BCUT2D eigenvalue weighted by Crippen LogP contribution is -2.39. The number of rotatable bonds is 7. The van der Waals surface area contributed by atoms with Gasteiger partial charge in [-0.25, -0.2) is 4.99 Å². The summed E-state index contributed by atoms with van der Waals surface area (Å²) in [4.78, 5) is 4.78. The molecule has 0 aromatic heterocycles. The van der Waals surface area contributed by atoms with Gasteiger partial charge in [-0.3, -0.25) is 4.55 Å². The molecule has 3 aromatic carbocycles. The zero-order valence-corrected chi connectivity index (χ0v) is 34.5. The van der Waals surface area contributed by atoms with Crippen molar-refractivity contribution in [3.63, 3.8) is 0 Å². The molecule has 6 aliphatic heterocycles. The first-order valence-electron chi connectivity index (χ1n) is 21.2. The fraction of sp³-hybridized carbons (Fsp3) is 0.511. The lowest BCUT2D eigenvalue weighted by atomic mass is 9.65. The van der Waals surface area contributed by atoms with E-state index in [1.54, 1.807) is 12.1 Å². The fourth-order valence-corrected chi connectivity index (χ4v) is 12.0. The average molecular weight is 824 g/mol. The molecule has 9 atom stereocenters. The summed E-state index contributed by atoms with van der Waals surface area (Å²) in [6.45, 7) is 1.96. The number of hydrogen-bond acceptors (Lipinski definition) is 8. The van der Waals surface area contributed by atoms with Gasteiger partial charge in [-0.1, -0.05) is 80.1 Å². The largest absolute Gasteiger partial charge is 0.508 e. The molecule has 2 aliphatic carbocycles. The minimum absolute atomic E-state index is 0.0614. The molecule has 0 spiro atoms. The number of aromatic hydroxyl groups is 1. The second-order valence-electron chi connectivity index (χ2n) is 17.7. The van der Waals surface area contributed by atoms with Gasteiger partial charge in [0, 0.05) is 42.1 Å². The summed E-state index contributed by atoms with van der Waals surface area (Å²) in [6.07, 6.45) is 8.21. The first-order chi connectivity index (χ1) is 28.3. The summed E-state index contributed by atoms with van der Waals surface area (Å²) in [5, 5.41) is 31.3. The van der Waals surface area contributed by atoms with Gasteiger partial charge >= 0.3 is 0 Å². The molecule has 8 N–H and O–H groups in total. The van der Waals surface area contributed by atoms with Gasteiger partial charge in [0.25, 0.3) is 10.1 Å². The van der Waals surface area contributed by atoms with Crippen molar-refractivity contribution in [2.75, 3.05) is 6.61 Å². The van der Waals surface area contributed by atoms with Gasteiger partial charge in [0.05, 0.1) is 17.0 Å². The highest BCUT2D eigenvalue weighted by molar-refractivity contribution is 7.86. The van der Waals surface area contributed by atoms with Crippen molar-refractivity contribution in [1.82, 2.24) is 0 Å². The lowest BCUT2D eigenvalue weighted by Gasteiger charge is -2.41. The van der Waals surface area contributed by atoms with E-state index in [4.69, 9.17) is 25.9 Å². The SMILES string of the molecule is CC[C@H]1C[C@@H](S(=O)(=O)O)[C@H]2C=C3C[C@@H](C[C@H]4C[C@H](CO)CC#Cc5cc(O)ccc5[C@@H]3O4)[C@@H]2c2ccc(cc2)[C@](CCC2(O)CCCC2)(N=C(N)N)Oc2ccc1cc2. The molecule has 2 fully saturated rings. The van der Waals surface area contributed by atoms with Gasteiger partial charge in [0.15, 0.2) is 5.96 Å². The minimum atomic E-state index is -4.61. The fourth-order valence-electron chi connectivity index (χ4n) is 10.8.